The number of nitrogens with zero attached hydrogens (tertiary/aromatic N) is 2. The summed E-state index contributed by atoms with van der Waals surface area (Å²) < 4.78 is 27.0. The molecular weight excluding hydrogens is 400 g/mol. The van der Waals surface area contributed by atoms with Crippen LogP contribution in [0.1, 0.15) is 35.8 Å². The second-order valence-electron chi connectivity index (χ2n) is 6.81. The van der Waals surface area contributed by atoms with Crippen LogP contribution in [0.25, 0.3) is 0 Å². The van der Waals surface area contributed by atoms with Gasteiger partial charge in [-0.3, -0.25) is 9.78 Å². The van der Waals surface area contributed by atoms with Crippen LogP contribution in [0.4, 0.5) is 0 Å². The topological polar surface area (TPSA) is 91.4 Å². The molecule has 0 bridgehead atoms. The maximum absolute atomic E-state index is 13.0. The molecule has 1 aliphatic rings. The van der Waals surface area contributed by atoms with Crippen molar-refractivity contribution in [3.63, 3.8) is 0 Å². The van der Waals surface area contributed by atoms with E-state index in [2.05, 4.69) is 15.0 Å². The van der Waals surface area contributed by atoms with Gasteiger partial charge in [-0.05, 0) is 49.7 Å². The van der Waals surface area contributed by atoms with Gasteiger partial charge >= 0.3 is 0 Å². The second-order valence-corrected chi connectivity index (χ2v) is 8.52. The fourth-order valence-electron chi connectivity index (χ4n) is 3.14. The monoisotopic (exact) mass is 424 g/mol. The molecule has 0 spiro atoms. The number of halogens is 1. The van der Waals surface area contributed by atoms with Crippen LogP contribution >= 0.6 is 12.4 Å². The van der Waals surface area contributed by atoms with Gasteiger partial charge in [0, 0.05) is 43.6 Å². The molecule has 0 saturated carbocycles. The Morgan fingerprint density at radius 1 is 1.25 bits per heavy atom. The van der Waals surface area contributed by atoms with Crippen molar-refractivity contribution in [3.05, 3.63) is 59.9 Å². The first-order chi connectivity index (χ1) is 12.9. The Balaban J connectivity index is 0.00000280. The van der Waals surface area contributed by atoms with Crippen LogP contribution in [0.2, 0.25) is 0 Å². The van der Waals surface area contributed by atoms with Crippen LogP contribution in [-0.2, 0) is 10.0 Å². The van der Waals surface area contributed by atoms with Crippen LogP contribution in [0, 0.1) is 0 Å². The molecule has 7 nitrogen and oxygen atoms in total. The Hall–Kier alpha value is -2.00. The third kappa shape index (κ3) is 5.08. The maximum Gasteiger partial charge on any atom is 0.254 e. The molecule has 1 amide bonds. The van der Waals surface area contributed by atoms with Crippen molar-refractivity contribution in [2.24, 2.45) is 0 Å². The molecule has 2 aromatic rings. The maximum atomic E-state index is 13.0. The van der Waals surface area contributed by atoms with Crippen molar-refractivity contribution in [2.45, 2.75) is 30.8 Å². The smallest absolute Gasteiger partial charge is 0.254 e. The number of carbonyl (C=O) groups is 1. The summed E-state index contributed by atoms with van der Waals surface area (Å²) >= 11 is 0. The first-order valence-corrected chi connectivity index (χ1v) is 10.4. The third-order valence-electron chi connectivity index (χ3n) is 4.38. The minimum atomic E-state index is -3.57. The Bertz CT molecular complexity index is 889. The van der Waals surface area contributed by atoms with E-state index >= 15 is 0 Å². The predicted octanol–water partition coefficient (Wildman–Crippen LogP) is 1.98. The van der Waals surface area contributed by atoms with Crippen LogP contribution in [0.3, 0.4) is 0 Å². The molecule has 1 fully saturated rings. The average Bonchev–Trinajstić information content (AvgIpc) is 2.67. The number of hydrogen-bond acceptors (Lipinski definition) is 5. The minimum Gasteiger partial charge on any atom is -0.329 e. The number of pyridine rings is 1. The first-order valence-electron chi connectivity index (χ1n) is 8.92. The van der Waals surface area contributed by atoms with Crippen molar-refractivity contribution in [3.8, 4) is 0 Å². The van der Waals surface area contributed by atoms with Crippen molar-refractivity contribution >= 4 is 28.3 Å². The van der Waals surface area contributed by atoms with E-state index in [4.69, 9.17) is 0 Å². The summed E-state index contributed by atoms with van der Waals surface area (Å²) in [5, 5.41) is 3.31. The molecule has 28 heavy (non-hydrogen) atoms. The third-order valence-corrected chi connectivity index (χ3v) is 6.05. The molecule has 0 radical (unpaired) electrons. The molecule has 1 aromatic carbocycles. The van der Waals surface area contributed by atoms with E-state index < -0.39 is 10.0 Å². The number of nitrogens with one attached hydrogen (secondary N) is 2. The SMILES string of the molecule is CC(C)NS(=O)(=O)c1ccc(C(=O)N2CCNCC2c2cccnc2)cc1.Cl. The molecule has 1 unspecified atom stereocenters. The van der Waals surface area contributed by atoms with Gasteiger partial charge in [0.15, 0.2) is 0 Å². The molecule has 1 saturated heterocycles. The van der Waals surface area contributed by atoms with E-state index in [1.54, 1.807) is 38.4 Å². The Morgan fingerprint density at radius 2 is 1.96 bits per heavy atom. The van der Waals surface area contributed by atoms with Crippen LogP contribution < -0.4 is 10.0 Å². The number of carbonyl (C=O) groups excluding carboxylic acids is 1. The molecule has 2 N–H and O–H groups in total. The summed E-state index contributed by atoms with van der Waals surface area (Å²) in [6.07, 6.45) is 3.47. The summed E-state index contributed by atoms with van der Waals surface area (Å²) in [5.74, 6) is -0.119. The lowest BCUT2D eigenvalue weighted by Gasteiger charge is -2.36. The number of benzene rings is 1. The number of amides is 1. The number of aromatic nitrogens is 1. The van der Waals surface area contributed by atoms with Gasteiger partial charge in [0.2, 0.25) is 10.0 Å². The quantitative estimate of drug-likeness (QED) is 0.765. The zero-order chi connectivity index (χ0) is 19.4. The fraction of sp³-hybridized carbons (Fsp3) is 0.368. The van der Waals surface area contributed by atoms with Gasteiger partial charge in [0.25, 0.3) is 5.91 Å². The van der Waals surface area contributed by atoms with Gasteiger partial charge < -0.3 is 10.2 Å². The Labute approximate surface area is 172 Å². The lowest BCUT2D eigenvalue weighted by molar-refractivity contribution is 0.0634. The Kier molecular flexibility index (Phi) is 7.54. The molecule has 0 aliphatic carbocycles. The lowest BCUT2D eigenvalue weighted by atomic mass is 10.0. The highest BCUT2D eigenvalue weighted by atomic mass is 35.5. The highest BCUT2D eigenvalue weighted by Gasteiger charge is 2.29. The zero-order valence-electron chi connectivity index (χ0n) is 15.8. The van der Waals surface area contributed by atoms with Gasteiger partial charge in [-0.1, -0.05) is 6.07 Å². The molecule has 1 atom stereocenters. The van der Waals surface area contributed by atoms with E-state index in [9.17, 15) is 13.2 Å². The van der Waals surface area contributed by atoms with Crippen molar-refractivity contribution in [1.82, 2.24) is 19.9 Å². The van der Waals surface area contributed by atoms with Crippen molar-refractivity contribution in [2.75, 3.05) is 19.6 Å². The van der Waals surface area contributed by atoms with E-state index in [1.807, 2.05) is 17.0 Å². The van der Waals surface area contributed by atoms with E-state index in [0.717, 1.165) is 5.56 Å². The van der Waals surface area contributed by atoms with Crippen LogP contribution in [0.5, 0.6) is 0 Å². The number of rotatable bonds is 5. The number of piperazine rings is 1. The zero-order valence-corrected chi connectivity index (χ0v) is 17.5. The molecule has 9 heteroatoms. The fourth-order valence-corrected chi connectivity index (χ4v) is 4.39. The normalized spacial score (nSPS) is 17.2. The summed E-state index contributed by atoms with van der Waals surface area (Å²) in [6.45, 7) is 5.47. The van der Waals surface area contributed by atoms with Crippen LogP contribution in [-0.4, -0.2) is 49.9 Å². The predicted molar refractivity (Wildman–Crippen MR) is 110 cm³/mol. The van der Waals surface area contributed by atoms with Gasteiger partial charge in [-0.2, -0.15) is 0 Å². The molecule has 3 rings (SSSR count). The van der Waals surface area contributed by atoms with Gasteiger partial charge in [-0.25, -0.2) is 13.1 Å². The summed E-state index contributed by atoms with van der Waals surface area (Å²) in [5.41, 5.74) is 1.44. The van der Waals surface area contributed by atoms with Gasteiger partial charge in [0.05, 0.1) is 10.9 Å². The summed E-state index contributed by atoms with van der Waals surface area (Å²) in [7, 11) is -3.57. The van der Waals surface area contributed by atoms with Crippen LogP contribution in [0.15, 0.2) is 53.7 Å². The molecule has 152 valence electrons. The summed E-state index contributed by atoms with van der Waals surface area (Å²) in [6, 6.07) is 9.59. The number of sulfonamides is 1. The molecule has 1 aliphatic heterocycles. The standard InChI is InChI=1S/C19H24N4O3S.ClH/c1-14(2)22-27(25,26)17-7-5-15(6-8-17)19(24)23-11-10-21-13-18(23)16-4-3-9-20-12-16;/h3-9,12,14,18,21-22H,10-11,13H2,1-2H3;1H. The minimum absolute atomic E-state index is 0. The van der Waals surface area contributed by atoms with Crippen molar-refractivity contribution in [1.29, 1.82) is 0 Å². The largest absolute Gasteiger partial charge is 0.329 e. The van der Waals surface area contributed by atoms with E-state index in [1.165, 1.54) is 12.1 Å². The lowest BCUT2D eigenvalue weighted by Crippen LogP contribution is -2.48. The number of hydrogen-bond donors (Lipinski definition) is 2. The summed E-state index contributed by atoms with van der Waals surface area (Å²) in [4.78, 5) is 19.1. The van der Waals surface area contributed by atoms with E-state index in [-0.39, 0.29) is 35.3 Å². The van der Waals surface area contributed by atoms with E-state index in [0.29, 0.717) is 25.2 Å². The van der Waals surface area contributed by atoms with Crippen molar-refractivity contribution < 1.29 is 13.2 Å². The highest BCUT2D eigenvalue weighted by Crippen LogP contribution is 2.24. The Morgan fingerprint density at radius 3 is 2.57 bits per heavy atom. The molecular formula is C19H25ClN4O3S. The highest BCUT2D eigenvalue weighted by molar-refractivity contribution is 7.89. The van der Waals surface area contributed by atoms with Gasteiger partial charge in [0.1, 0.15) is 0 Å². The molecule has 1 aromatic heterocycles. The van der Waals surface area contributed by atoms with Gasteiger partial charge in [-0.15, -0.1) is 12.4 Å². The molecule has 2 heterocycles. The first kappa shape index (κ1) is 22.3. The average molecular weight is 425 g/mol. The second kappa shape index (κ2) is 9.47.